The van der Waals surface area contributed by atoms with E-state index in [4.69, 9.17) is 0 Å². The Morgan fingerprint density at radius 1 is 0.800 bits per heavy atom. The van der Waals surface area contributed by atoms with Gasteiger partial charge in [-0.1, -0.05) is 62.8 Å². The Morgan fingerprint density at radius 3 is 2.00 bits per heavy atom. The Kier molecular flexibility index (Phi) is 9.67. The van der Waals surface area contributed by atoms with Crippen molar-refractivity contribution in [2.24, 2.45) is 0 Å². The van der Waals surface area contributed by atoms with Gasteiger partial charge >= 0.3 is 0 Å². The smallest absolute Gasteiger partial charge is 0.0320 e. The van der Waals surface area contributed by atoms with Crippen molar-refractivity contribution in [1.29, 1.82) is 0 Å². The maximum absolute atomic E-state index is 2.29. The van der Waals surface area contributed by atoms with Crippen LogP contribution < -0.4 is 0 Å². The Labute approximate surface area is 96.5 Å². The van der Waals surface area contributed by atoms with Crippen LogP contribution in [0.5, 0.6) is 0 Å². The second kappa shape index (κ2) is 10.0. The molecule has 0 aliphatic carbocycles. The summed E-state index contributed by atoms with van der Waals surface area (Å²) < 4.78 is 0. The number of rotatable bonds is 8. The third kappa shape index (κ3) is 9.78. The van der Waals surface area contributed by atoms with Gasteiger partial charge in [0.1, 0.15) is 0 Å². The van der Waals surface area contributed by atoms with E-state index in [1.165, 1.54) is 56.1 Å². The van der Waals surface area contributed by atoms with Crippen LogP contribution >= 0.6 is 0 Å². The number of allylic oxidation sites excluding steroid dienone is 4. The van der Waals surface area contributed by atoms with Crippen LogP contribution in [0, 0.1) is 0 Å². The predicted octanol–water partition coefficient (Wildman–Crippen LogP) is 5.65. The number of hydrogen-bond acceptors (Lipinski definition) is 0. The fourth-order valence-corrected chi connectivity index (χ4v) is 1.49. The number of unbranched alkanes of at least 4 members (excludes halogenated alkanes) is 4. The van der Waals surface area contributed by atoms with Gasteiger partial charge in [-0.2, -0.15) is 0 Å². The van der Waals surface area contributed by atoms with E-state index < -0.39 is 0 Å². The molecule has 0 aliphatic heterocycles. The predicted molar refractivity (Wildman–Crippen MR) is 71.2 cm³/mol. The molecule has 0 aromatic carbocycles. The van der Waals surface area contributed by atoms with Gasteiger partial charge in [-0.3, -0.25) is 0 Å². The van der Waals surface area contributed by atoms with Gasteiger partial charge in [0, 0.05) is 0 Å². The van der Waals surface area contributed by atoms with Crippen LogP contribution in [0.3, 0.4) is 0 Å². The minimum absolute atomic E-state index is 1.17. The van der Waals surface area contributed by atoms with E-state index in [9.17, 15) is 0 Å². The Morgan fingerprint density at radius 2 is 1.40 bits per heavy atom. The molecule has 0 radical (unpaired) electrons. The van der Waals surface area contributed by atoms with Crippen LogP contribution in [-0.4, -0.2) is 0 Å². The Balaban J connectivity index is 3.60. The molecule has 88 valence electrons. The topological polar surface area (TPSA) is 0 Å². The molecule has 0 nitrogen and oxygen atoms in total. The van der Waals surface area contributed by atoms with E-state index in [1.807, 2.05) is 0 Å². The van der Waals surface area contributed by atoms with Gasteiger partial charge in [-0.05, 0) is 33.1 Å². The van der Waals surface area contributed by atoms with Crippen molar-refractivity contribution in [3.8, 4) is 0 Å². The minimum atomic E-state index is 1.17. The van der Waals surface area contributed by atoms with E-state index in [-0.39, 0.29) is 0 Å². The number of hydrogen-bond donors (Lipinski definition) is 0. The highest BCUT2D eigenvalue weighted by Gasteiger charge is 1.91. The summed E-state index contributed by atoms with van der Waals surface area (Å²) in [6.07, 6.45) is 13.9. The van der Waals surface area contributed by atoms with E-state index in [0.29, 0.717) is 0 Å². The van der Waals surface area contributed by atoms with Crippen molar-refractivity contribution in [3.63, 3.8) is 0 Å². The summed E-state index contributed by atoms with van der Waals surface area (Å²) in [5, 5.41) is 0. The van der Waals surface area contributed by atoms with Gasteiger partial charge in [-0.15, -0.1) is 0 Å². The molecular weight excluding hydrogens is 180 g/mol. The SMILES string of the molecule is CCCCCCCC(C)=CC=C(C)CC. The van der Waals surface area contributed by atoms with Crippen molar-refractivity contribution in [3.05, 3.63) is 23.3 Å². The van der Waals surface area contributed by atoms with Crippen LogP contribution in [0.2, 0.25) is 0 Å². The highest BCUT2D eigenvalue weighted by Crippen LogP contribution is 2.11. The van der Waals surface area contributed by atoms with E-state index in [1.54, 1.807) is 0 Å². The first-order valence-corrected chi connectivity index (χ1v) is 6.53. The molecule has 0 aromatic rings. The molecule has 15 heavy (non-hydrogen) atoms. The van der Waals surface area contributed by atoms with Gasteiger partial charge in [0.2, 0.25) is 0 Å². The van der Waals surface area contributed by atoms with Crippen molar-refractivity contribution >= 4 is 0 Å². The monoisotopic (exact) mass is 208 g/mol. The summed E-state index contributed by atoms with van der Waals surface area (Å²) in [7, 11) is 0. The molecule has 0 aliphatic rings. The lowest BCUT2D eigenvalue weighted by molar-refractivity contribution is 0.630. The summed E-state index contributed by atoms with van der Waals surface area (Å²) >= 11 is 0. The quantitative estimate of drug-likeness (QED) is 0.357. The van der Waals surface area contributed by atoms with Crippen molar-refractivity contribution in [1.82, 2.24) is 0 Å². The molecule has 0 unspecified atom stereocenters. The van der Waals surface area contributed by atoms with Crippen LogP contribution in [0.25, 0.3) is 0 Å². The lowest BCUT2D eigenvalue weighted by Crippen LogP contribution is -1.80. The van der Waals surface area contributed by atoms with Crippen molar-refractivity contribution in [2.45, 2.75) is 72.6 Å². The molecule has 0 bridgehead atoms. The second-order valence-electron chi connectivity index (χ2n) is 4.54. The van der Waals surface area contributed by atoms with Gasteiger partial charge in [0.15, 0.2) is 0 Å². The molecule has 0 saturated heterocycles. The van der Waals surface area contributed by atoms with Gasteiger partial charge < -0.3 is 0 Å². The maximum atomic E-state index is 2.29. The fraction of sp³-hybridized carbons (Fsp3) is 0.733. The van der Waals surface area contributed by atoms with Crippen molar-refractivity contribution < 1.29 is 0 Å². The van der Waals surface area contributed by atoms with Crippen LogP contribution in [0.4, 0.5) is 0 Å². The third-order valence-corrected chi connectivity index (χ3v) is 2.88. The molecule has 0 spiro atoms. The summed E-state index contributed by atoms with van der Waals surface area (Å²) in [5.41, 5.74) is 3.00. The molecule has 0 saturated carbocycles. The third-order valence-electron chi connectivity index (χ3n) is 2.88. The Hall–Kier alpha value is -0.520. The van der Waals surface area contributed by atoms with Crippen LogP contribution in [0.15, 0.2) is 23.3 Å². The highest BCUT2D eigenvalue weighted by molar-refractivity contribution is 5.15. The summed E-state index contributed by atoms with van der Waals surface area (Å²) in [6.45, 7) is 8.92. The molecule has 0 heterocycles. The minimum Gasteiger partial charge on any atom is -0.0736 e. The van der Waals surface area contributed by atoms with Gasteiger partial charge in [0.05, 0.1) is 0 Å². The zero-order valence-corrected chi connectivity index (χ0v) is 11.1. The first-order chi connectivity index (χ1) is 7.20. The lowest BCUT2D eigenvalue weighted by atomic mass is 10.1. The van der Waals surface area contributed by atoms with Gasteiger partial charge in [0.25, 0.3) is 0 Å². The zero-order chi connectivity index (χ0) is 11.5. The molecule has 0 N–H and O–H groups in total. The second-order valence-corrected chi connectivity index (χ2v) is 4.54. The first kappa shape index (κ1) is 14.5. The van der Waals surface area contributed by atoms with E-state index in [0.717, 1.165) is 0 Å². The average Bonchev–Trinajstić information content (AvgIpc) is 2.25. The van der Waals surface area contributed by atoms with E-state index >= 15 is 0 Å². The standard InChI is InChI=1S/C15H28/c1-5-7-8-9-10-11-15(4)13-12-14(3)6-2/h12-13H,5-11H2,1-4H3. The largest absolute Gasteiger partial charge is 0.0736 e. The summed E-state index contributed by atoms with van der Waals surface area (Å²) in [5.74, 6) is 0. The van der Waals surface area contributed by atoms with Gasteiger partial charge in [-0.25, -0.2) is 0 Å². The molecule has 0 aromatic heterocycles. The van der Waals surface area contributed by atoms with Crippen LogP contribution in [-0.2, 0) is 0 Å². The molecule has 0 fully saturated rings. The normalized spacial score (nSPS) is 13.3. The molecule has 0 rings (SSSR count). The Bertz CT molecular complexity index is 196. The van der Waals surface area contributed by atoms with E-state index in [2.05, 4.69) is 39.8 Å². The van der Waals surface area contributed by atoms with Crippen LogP contribution in [0.1, 0.15) is 72.6 Å². The lowest BCUT2D eigenvalue weighted by Gasteiger charge is -2.01. The fourth-order valence-electron chi connectivity index (χ4n) is 1.49. The first-order valence-electron chi connectivity index (χ1n) is 6.53. The summed E-state index contributed by atoms with van der Waals surface area (Å²) in [4.78, 5) is 0. The average molecular weight is 208 g/mol. The maximum Gasteiger partial charge on any atom is -0.0320 e. The molecule has 0 amide bonds. The summed E-state index contributed by atoms with van der Waals surface area (Å²) in [6, 6.07) is 0. The molecule has 0 heteroatoms. The zero-order valence-electron chi connectivity index (χ0n) is 11.1. The molecule has 0 atom stereocenters. The highest BCUT2D eigenvalue weighted by atomic mass is 14.0. The molecular formula is C15H28. The van der Waals surface area contributed by atoms with Crippen molar-refractivity contribution in [2.75, 3.05) is 0 Å².